The van der Waals surface area contributed by atoms with Crippen LogP contribution < -0.4 is 5.32 Å². The zero-order valence-corrected chi connectivity index (χ0v) is 8.73. The van der Waals surface area contributed by atoms with E-state index in [1.807, 2.05) is 31.2 Å². The van der Waals surface area contributed by atoms with Crippen molar-refractivity contribution in [3.63, 3.8) is 0 Å². The molecule has 0 amide bonds. The van der Waals surface area contributed by atoms with E-state index in [9.17, 15) is 0 Å². The summed E-state index contributed by atoms with van der Waals surface area (Å²) >= 11 is 0. The molecule has 0 saturated carbocycles. The van der Waals surface area contributed by atoms with E-state index in [1.54, 1.807) is 0 Å². The lowest BCUT2D eigenvalue weighted by atomic mass is 10.00. The third kappa shape index (κ3) is 1.96. The summed E-state index contributed by atoms with van der Waals surface area (Å²) < 4.78 is 7.54. The molecule has 0 aliphatic carbocycles. The Kier molecular flexibility index (Phi) is 2.84. The molecule has 0 radical (unpaired) electrons. The smallest absolute Gasteiger partial charge is 0.0870 e. The fraction of sp³-hybridized carbons (Fsp3) is 0.700. The number of aryl methyl sites for hydroxylation is 1. The maximum Gasteiger partial charge on any atom is 0.0870 e. The largest absolute Gasteiger partial charge is 0.373 e. The van der Waals surface area contributed by atoms with E-state index < -0.39 is 0 Å². The number of ether oxygens (including phenoxy) is 1. The summed E-state index contributed by atoms with van der Waals surface area (Å²) in [6.07, 6.45) is 6.29. The molecule has 2 rings (SSSR count). The molecule has 0 spiro atoms. The van der Waals surface area contributed by atoms with Crippen molar-refractivity contribution >= 4 is 0 Å². The molecule has 1 fully saturated rings. The topological polar surface area (TPSA) is 39.1 Å². The predicted octanol–water partition coefficient (Wildman–Crippen LogP) is 0.860. The van der Waals surface area contributed by atoms with E-state index in [1.165, 1.54) is 5.56 Å². The minimum atomic E-state index is 0.217. The van der Waals surface area contributed by atoms with Gasteiger partial charge in [0.05, 0.1) is 12.3 Å². The standard InChI is InChI=1S/C10H17N3O/c1-11-9-3-4-14-10(5-9)8-6-12-13(2)7-8/h6-7,9-11H,3-5H2,1-2H3. The van der Waals surface area contributed by atoms with E-state index >= 15 is 0 Å². The SMILES string of the molecule is CNC1CCOC(c2cnn(C)c2)C1. The number of nitrogens with one attached hydrogen (secondary N) is 1. The first-order valence-corrected chi connectivity index (χ1v) is 5.07. The number of nitrogens with zero attached hydrogens (tertiary/aromatic N) is 2. The van der Waals surface area contributed by atoms with Gasteiger partial charge in [-0.05, 0) is 19.9 Å². The summed E-state index contributed by atoms with van der Waals surface area (Å²) in [6.45, 7) is 0.838. The highest BCUT2D eigenvalue weighted by atomic mass is 16.5. The predicted molar refractivity (Wildman–Crippen MR) is 54.0 cm³/mol. The van der Waals surface area contributed by atoms with Crippen molar-refractivity contribution in [1.82, 2.24) is 15.1 Å². The van der Waals surface area contributed by atoms with Crippen LogP contribution in [0.4, 0.5) is 0 Å². The van der Waals surface area contributed by atoms with Gasteiger partial charge in [-0.15, -0.1) is 0 Å². The highest BCUT2D eigenvalue weighted by Crippen LogP contribution is 2.27. The number of rotatable bonds is 2. The second kappa shape index (κ2) is 4.11. The van der Waals surface area contributed by atoms with E-state index in [0.29, 0.717) is 6.04 Å². The normalized spacial score (nSPS) is 27.9. The Balaban J connectivity index is 2.04. The maximum absolute atomic E-state index is 5.72. The number of hydrogen-bond donors (Lipinski definition) is 1. The Labute approximate surface area is 84.3 Å². The van der Waals surface area contributed by atoms with Crippen LogP contribution >= 0.6 is 0 Å². The van der Waals surface area contributed by atoms with E-state index in [0.717, 1.165) is 19.4 Å². The third-order valence-electron chi connectivity index (χ3n) is 2.79. The molecule has 1 aromatic heterocycles. The Morgan fingerprint density at radius 2 is 2.50 bits per heavy atom. The molecule has 4 heteroatoms. The third-order valence-corrected chi connectivity index (χ3v) is 2.79. The highest BCUT2D eigenvalue weighted by molar-refractivity contribution is 5.09. The average Bonchev–Trinajstić information content (AvgIpc) is 2.65. The molecule has 1 saturated heterocycles. The van der Waals surface area contributed by atoms with Crippen molar-refractivity contribution in [2.45, 2.75) is 25.0 Å². The maximum atomic E-state index is 5.72. The minimum absolute atomic E-state index is 0.217. The van der Waals surface area contributed by atoms with Crippen LogP contribution in [-0.4, -0.2) is 29.5 Å². The zero-order valence-electron chi connectivity index (χ0n) is 8.73. The van der Waals surface area contributed by atoms with Gasteiger partial charge in [-0.3, -0.25) is 4.68 Å². The molecule has 0 aromatic carbocycles. The van der Waals surface area contributed by atoms with Gasteiger partial charge >= 0.3 is 0 Å². The molecular formula is C10H17N3O. The lowest BCUT2D eigenvalue weighted by Crippen LogP contribution is -2.33. The zero-order chi connectivity index (χ0) is 9.97. The van der Waals surface area contributed by atoms with Gasteiger partial charge < -0.3 is 10.1 Å². The van der Waals surface area contributed by atoms with E-state index in [4.69, 9.17) is 4.74 Å². The minimum Gasteiger partial charge on any atom is -0.373 e. The van der Waals surface area contributed by atoms with Crippen LogP contribution in [0.2, 0.25) is 0 Å². The van der Waals surface area contributed by atoms with E-state index in [-0.39, 0.29) is 6.10 Å². The van der Waals surface area contributed by atoms with Gasteiger partial charge in [0, 0.05) is 31.5 Å². The van der Waals surface area contributed by atoms with Crippen LogP contribution in [0.1, 0.15) is 24.5 Å². The van der Waals surface area contributed by atoms with Gasteiger partial charge in [-0.25, -0.2) is 0 Å². The second-order valence-corrected chi connectivity index (χ2v) is 3.82. The van der Waals surface area contributed by atoms with Crippen LogP contribution in [0, 0.1) is 0 Å². The summed E-state index contributed by atoms with van der Waals surface area (Å²) in [6, 6.07) is 0.578. The van der Waals surface area contributed by atoms with Crippen LogP contribution in [0.5, 0.6) is 0 Å². The monoisotopic (exact) mass is 195 g/mol. The molecule has 2 atom stereocenters. The Morgan fingerprint density at radius 1 is 1.64 bits per heavy atom. The molecule has 0 bridgehead atoms. The van der Waals surface area contributed by atoms with Gasteiger partial charge in [0.15, 0.2) is 0 Å². The van der Waals surface area contributed by atoms with Crippen molar-refractivity contribution in [3.05, 3.63) is 18.0 Å². The first-order chi connectivity index (χ1) is 6.79. The quantitative estimate of drug-likeness (QED) is 0.760. The van der Waals surface area contributed by atoms with Crippen molar-refractivity contribution in [2.24, 2.45) is 7.05 Å². The summed E-state index contributed by atoms with van der Waals surface area (Å²) in [4.78, 5) is 0. The Bertz CT molecular complexity index is 297. The van der Waals surface area contributed by atoms with Gasteiger partial charge in [0.25, 0.3) is 0 Å². The Hall–Kier alpha value is -0.870. The number of aromatic nitrogens is 2. The summed E-state index contributed by atoms with van der Waals surface area (Å²) in [7, 11) is 3.94. The molecule has 78 valence electrons. The molecule has 1 aliphatic rings. The molecule has 1 N–H and O–H groups in total. The van der Waals surface area contributed by atoms with Gasteiger partial charge in [-0.2, -0.15) is 5.10 Å². The van der Waals surface area contributed by atoms with Crippen molar-refractivity contribution < 1.29 is 4.74 Å². The summed E-state index contributed by atoms with van der Waals surface area (Å²) in [5.41, 5.74) is 1.19. The molecule has 4 nitrogen and oxygen atoms in total. The number of hydrogen-bond acceptors (Lipinski definition) is 3. The lowest BCUT2D eigenvalue weighted by Gasteiger charge is -2.28. The van der Waals surface area contributed by atoms with Crippen molar-refractivity contribution in [2.75, 3.05) is 13.7 Å². The van der Waals surface area contributed by atoms with Crippen LogP contribution in [-0.2, 0) is 11.8 Å². The molecule has 1 aliphatic heterocycles. The molecule has 2 heterocycles. The van der Waals surface area contributed by atoms with Gasteiger partial charge in [-0.1, -0.05) is 0 Å². The van der Waals surface area contributed by atoms with Crippen LogP contribution in [0.15, 0.2) is 12.4 Å². The van der Waals surface area contributed by atoms with Crippen LogP contribution in [0.3, 0.4) is 0 Å². The molecular weight excluding hydrogens is 178 g/mol. The summed E-state index contributed by atoms with van der Waals surface area (Å²) in [5, 5.41) is 7.46. The average molecular weight is 195 g/mol. The molecule has 2 unspecified atom stereocenters. The van der Waals surface area contributed by atoms with Crippen LogP contribution in [0.25, 0.3) is 0 Å². The molecule has 1 aromatic rings. The first-order valence-electron chi connectivity index (χ1n) is 5.07. The van der Waals surface area contributed by atoms with Gasteiger partial charge in [0.1, 0.15) is 0 Å². The van der Waals surface area contributed by atoms with Crippen molar-refractivity contribution in [3.8, 4) is 0 Å². The fourth-order valence-electron chi connectivity index (χ4n) is 1.90. The fourth-order valence-corrected chi connectivity index (χ4v) is 1.90. The summed E-state index contributed by atoms with van der Waals surface area (Å²) in [5.74, 6) is 0. The van der Waals surface area contributed by atoms with Gasteiger partial charge in [0.2, 0.25) is 0 Å². The Morgan fingerprint density at radius 3 is 3.14 bits per heavy atom. The first kappa shape index (κ1) is 9.68. The lowest BCUT2D eigenvalue weighted by molar-refractivity contribution is 0.00151. The van der Waals surface area contributed by atoms with Crippen molar-refractivity contribution in [1.29, 1.82) is 0 Å². The molecule has 14 heavy (non-hydrogen) atoms. The highest BCUT2D eigenvalue weighted by Gasteiger charge is 2.23. The second-order valence-electron chi connectivity index (χ2n) is 3.82. The van der Waals surface area contributed by atoms with E-state index in [2.05, 4.69) is 10.4 Å².